The van der Waals surface area contributed by atoms with E-state index in [9.17, 15) is 5.26 Å². The second-order valence-corrected chi connectivity index (χ2v) is 4.47. The second kappa shape index (κ2) is 6.07. The molecule has 0 radical (unpaired) electrons. The smallest absolute Gasteiger partial charge is 0.148 e. The molecule has 0 fully saturated rings. The Balaban J connectivity index is 2.43. The highest BCUT2D eigenvalue weighted by molar-refractivity contribution is 5.69. The molecule has 0 atom stereocenters. The van der Waals surface area contributed by atoms with Crippen molar-refractivity contribution in [3.63, 3.8) is 0 Å². The number of benzene rings is 1. The first-order valence-corrected chi connectivity index (χ1v) is 6.53. The lowest BCUT2D eigenvalue weighted by Crippen LogP contribution is -2.03. The number of rotatable bonds is 4. The largest absolute Gasteiger partial charge is 0.492 e. The zero-order valence-corrected chi connectivity index (χ0v) is 11.9. The Bertz CT molecular complexity index is 659. The minimum atomic E-state index is 0.557. The Kier molecular flexibility index (Phi) is 4.21. The summed E-state index contributed by atoms with van der Waals surface area (Å²) < 4.78 is 5.57. The van der Waals surface area contributed by atoms with Gasteiger partial charge < -0.3 is 10.1 Å². The number of hydrogen-bond donors (Lipinski definition) is 1. The van der Waals surface area contributed by atoms with Gasteiger partial charge in [-0.1, -0.05) is 12.1 Å². The van der Waals surface area contributed by atoms with Crippen molar-refractivity contribution in [2.24, 2.45) is 0 Å². The Morgan fingerprint density at radius 3 is 2.75 bits per heavy atom. The predicted molar refractivity (Wildman–Crippen MR) is 79.3 cm³/mol. The van der Waals surface area contributed by atoms with Gasteiger partial charge in [0.1, 0.15) is 17.6 Å². The number of aryl methyl sites for hydroxylation is 2. The number of ether oxygens (including phenoxy) is 1. The quantitative estimate of drug-likeness (QED) is 0.917. The van der Waals surface area contributed by atoms with Gasteiger partial charge >= 0.3 is 0 Å². The molecule has 0 aliphatic carbocycles. The van der Waals surface area contributed by atoms with E-state index in [4.69, 9.17) is 4.74 Å². The van der Waals surface area contributed by atoms with Gasteiger partial charge in [-0.3, -0.25) is 0 Å². The van der Waals surface area contributed by atoms with Crippen LogP contribution in [-0.2, 0) is 0 Å². The molecular formula is C16H17N3O. The van der Waals surface area contributed by atoms with Crippen LogP contribution in [0.3, 0.4) is 0 Å². The molecule has 2 aromatic rings. The molecule has 0 saturated carbocycles. The summed E-state index contributed by atoms with van der Waals surface area (Å²) in [5.74, 6) is 1.32. The van der Waals surface area contributed by atoms with Crippen molar-refractivity contribution in [1.82, 2.24) is 4.98 Å². The van der Waals surface area contributed by atoms with Crippen molar-refractivity contribution in [1.29, 1.82) is 5.26 Å². The third-order valence-corrected chi connectivity index (χ3v) is 2.90. The minimum absolute atomic E-state index is 0.557. The second-order valence-electron chi connectivity index (χ2n) is 4.47. The van der Waals surface area contributed by atoms with Gasteiger partial charge in [-0.15, -0.1) is 0 Å². The van der Waals surface area contributed by atoms with Crippen molar-refractivity contribution >= 4 is 11.5 Å². The van der Waals surface area contributed by atoms with Crippen molar-refractivity contribution in [2.75, 3.05) is 11.9 Å². The van der Waals surface area contributed by atoms with Gasteiger partial charge in [-0.05, 0) is 44.5 Å². The number of anilines is 2. The summed E-state index contributed by atoms with van der Waals surface area (Å²) >= 11 is 0. The molecule has 20 heavy (non-hydrogen) atoms. The van der Waals surface area contributed by atoms with E-state index in [0.29, 0.717) is 18.0 Å². The standard InChI is InChI=1S/C16H17N3O/c1-4-20-15-8-6-5-7-14(15)19-16-13(10-17)11(2)9-12(3)18-16/h5-9H,4H2,1-3H3,(H,18,19). The topological polar surface area (TPSA) is 57.9 Å². The van der Waals surface area contributed by atoms with Gasteiger partial charge in [0, 0.05) is 5.69 Å². The molecule has 0 aliphatic rings. The van der Waals surface area contributed by atoms with Crippen LogP contribution >= 0.6 is 0 Å². The summed E-state index contributed by atoms with van der Waals surface area (Å²) in [5, 5.41) is 12.5. The first-order chi connectivity index (χ1) is 9.65. The van der Waals surface area contributed by atoms with Crippen LogP contribution in [0.2, 0.25) is 0 Å². The van der Waals surface area contributed by atoms with Crippen LogP contribution in [0.5, 0.6) is 5.75 Å². The molecule has 4 heteroatoms. The van der Waals surface area contributed by atoms with Crippen LogP contribution in [0.1, 0.15) is 23.7 Å². The summed E-state index contributed by atoms with van der Waals surface area (Å²) in [7, 11) is 0. The molecule has 0 amide bonds. The van der Waals surface area contributed by atoms with Gasteiger partial charge in [0.2, 0.25) is 0 Å². The van der Waals surface area contributed by atoms with Gasteiger partial charge in [-0.2, -0.15) is 5.26 Å². The number of aromatic nitrogens is 1. The molecule has 1 N–H and O–H groups in total. The van der Waals surface area contributed by atoms with E-state index in [0.717, 1.165) is 22.7 Å². The fourth-order valence-corrected chi connectivity index (χ4v) is 2.05. The first-order valence-electron chi connectivity index (χ1n) is 6.53. The van der Waals surface area contributed by atoms with E-state index in [-0.39, 0.29) is 0 Å². The van der Waals surface area contributed by atoms with Crippen LogP contribution in [0.4, 0.5) is 11.5 Å². The summed E-state index contributed by atoms with van der Waals surface area (Å²) in [6, 6.07) is 11.7. The molecule has 0 unspecified atom stereocenters. The monoisotopic (exact) mass is 267 g/mol. The van der Waals surface area contributed by atoms with Crippen LogP contribution in [0.15, 0.2) is 30.3 Å². The van der Waals surface area contributed by atoms with Crippen molar-refractivity contribution in [2.45, 2.75) is 20.8 Å². The third kappa shape index (κ3) is 2.89. The Morgan fingerprint density at radius 2 is 2.05 bits per heavy atom. The zero-order chi connectivity index (χ0) is 14.5. The van der Waals surface area contributed by atoms with Crippen molar-refractivity contribution < 1.29 is 4.74 Å². The molecule has 4 nitrogen and oxygen atoms in total. The maximum Gasteiger partial charge on any atom is 0.148 e. The average molecular weight is 267 g/mol. The number of nitrogens with one attached hydrogen (secondary N) is 1. The van der Waals surface area contributed by atoms with Gasteiger partial charge in [0.15, 0.2) is 0 Å². The van der Waals surface area contributed by atoms with E-state index in [1.807, 2.05) is 51.1 Å². The van der Waals surface area contributed by atoms with E-state index < -0.39 is 0 Å². The molecule has 1 aromatic carbocycles. The number of nitriles is 1. The highest BCUT2D eigenvalue weighted by Crippen LogP contribution is 2.29. The lowest BCUT2D eigenvalue weighted by atomic mass is 10.1. The average Bonchev–Trinajstić information content (AvgIpc) is 2.41. The van der Waals surface area contributed by atoms with Crippen LogP contribution in [-0.4, -0.2) is 11.6 Å². The normalized spacial score (nSPS) is 9.90. The van der Waals surface area contributed by atoms with Crippen molar-refractivity contribution in [3.8, 4) is 11.8 Å². The molecule has 0 bridgehead atoms. The molecule has 2 rings (SSSR count). The molecule has 0 saturated heterocycles. The summed E-state index contributed by atoms with van der Waals surface area (Å²) in [6.07, 6.45) is 0. The number of nitrogens with zero attached hydrogens (tertiary/aromatic N) is 2. The summed E-state index contributed by atoms with van der Waals surface area (Å²) in [6.45, 7) is 6.34. The van der Waals surface area contributed by atoms with Crippen LogP contribution < -0.4 is 10.1 Å². The minimum Gasteiger partial charge on any atom is -0.492 e. The van der Waals surface area contributed by atoms with Gasteiger partial charge in [-0.25, -0.2) is 4.98 Å². The van der Waals surface area contributed by atoms with Gasteiger partial charge in [0.05, 0.1) is 17.9 Å². The maximum atomic E-state index is 9.28. The lowest BCUT2D eigenvalue weighted by Gasteiger charge is -2.13. The molecule has 1 aromatic heterocycles. The van der Waals surface area contributed by atoms with Gasteiger partial charge in [0.25, 0.3) is 0 Å². The fraction of sp³-hybridized carbons (Fsp3) is 0.250. The molecule has 0 spiro atoms. The van der Waals surface area contributed by atoms with Crippen LogP contribution in [0.25, 0.3) is 0 Å². The van der Waals surface area contributed by atoms with E-state index >= 15 is 0 Å². The number of pyridine rings is 1. The lowest BCUT2D eigenvalue weighted by molar-refractivity contribution is 0.342. The Hall–Kier alpha value is -2.54. The Labute approximate surface area is 119 Å². The SMILES string of the molecule is CCOc1ccccc1Nc1nc(C)cc(C)c1C#N. The maximum absolute atomic E-state index is 9.28. The fourth-order valence-electron chi connectivity index (χ4n) is 2.05. The number of para-hydroxylation sites is 2. The van der Waals surface area contributed by atoms with Crippen molar-refractivity contribution in [3.05, 3.63) is 47.2 Å². The first kappa shape index (κ1) is 13.9. The summed E-state index contributed by atoms with van der Waals surface area (Å²) in [5.41, 5.74) is 3.15. The zero-order valence-electron chi connectivity index (χ0n) is 11.9. The highest BCUT2D eigenvalue weighted by Gasteiger charge is 2.10. The van der Waals surface area contributed by atoms with E-state index in [1.54, 1.807) is 0 Å². The van der Waals surface area contributed by atoms with E-state index in [2.05, 4.69) is 16.4 Å². The molecule has 102 valence electrons. The highest BCUT2D eigenvalue weighted by atomic mass is 16.5. The molecule has 0 aliphatic heterocycles. The van der Waals surface area contributed by atoms with E-state index in [1.165, 1.54) is 0 Å². The Morgan fingerprint density at radius 1 is 1.30 bits per heavy atom. The predicted octanol–water partition coefficient (Wildman–Crippen LogP) is 3.71. The number of hydrogen-bond acceptors (Lipinski definition) is 4. The third-order valence-electron chi connectivity index (χ3n) is 2.90. The molecular weight excluding hydrogens is 250 g/mol. The summed E-state index contributed by atoms with van der Waals surface area (Å²) in [4.78, 5) is 4.41. The van der Waals surface area contributed by atoms with Crippen LogP contribution in [0, 0.1) is 25.2 Å². The molecule has 1 heterocycles.